The van der Waals surface area contributed by atoms with Gasteiger partial charge in [0.2, 0.25) is 11.8 Å². The van der Waals surface area contributed by atoms with Gasteiger partial charge in [-0.2, -0.15) is 0 Å². The number of amides is 2. The lowest BCUT2D eigenvalue weighted by atomic mass is 9.98. The molecule has 2 aromatic carbocycles. The number of methoxy groups -OCH3 is 1. The molecule has 38 heavy (non-hydrogen) atoms. The first-order valence-electron chi connectivity index (χ1n) is 12.0. The molecule has 2 amide bonds. The van der Waals surface area contributed by atoms with Gasteiger partial charge < -0.3 is 9.64 Å². The third-order valence-electron chi connectivity index (χ3n) is 6.69. The first-order chi connectivity index (χ1) is 17.9. The quantitative estimate of drug-likeness (QED) is 0.498. The van der Waals surface area contributed by atoms with E-state index >= 15 is 0 Å². The maximum absolute atomic E-state index is 14.2. The molecule has 0 radical (unpaired) electrons. The van der Waals surface area contributed by atoms with Crippen LogP contribution in [-0.4, -0.2) is 85.1 Å². The summed E-state index contributed by atoms with van der Waals surface area (Å²) in [7, 11) is 0.490. The van der Waals surface area contributed by atoms with Crippen LogP contribution < -0.4 is 4.74 Å². The van der Waals surface area contributed by atoms with E-state index in [0.717, 1.165) is 5.56 Å². The molecule has 4 rings (SSSR count). The van der Waals surface area contributed by atoms with Gasteiger partial charge in [0.1, 0.15) is 28.5 Å². The number of ether oxygens (including phenoxy) is 1. The minimum atomic E-state index is -4.28. The Kier molecular flexibility index (Phi) is 7.99. The Morgan fingerprint density at radius 2 is 1.66 bits per heavy atom. The van der Waals surface area contributed by atoms with Gasteiger partial charge in [-0.1, -0.05) is 35.3 Å². The Morgan fingerprint density at radius 1 is 1.03 bits per heavy atom. The van der Waals surface area contributed by atoms with E-state index in [1.165, 1.54) is 45.6 Å². The number of rotatable bonds is 7. The van der Waals surface area contributed by atoms with Crippen molar-refractivity contribution >= 4 is 45.0 Å². The fourth-order valence-corrected chi connectivity index (χ4v) is 6.64. The van der Waals surface area contributed by atoms with Crippen molar-refractivity contribution in [3.8, 4) is 5.75 Å². The molecule has 0 aliphatic carbocycles. The summed E-state index contributed by atoms with van der Waals surface area (Å²) in [4.78, 5) is 31.9. The van der Waals surface area contributed by atoms with Crippen molar-refractivity contribution in [2.24, 2.45) is 0 Å². The van der Waals surface area contributed by atoms with Crippen LogP contribution in [0.25, 0.3) is 0 Å². The standard InChI is InChI=1S/C26H30Cl2N4O5S/c1-16(2)30-15-24-31(38(35,36)23-13-19(28)10-11-22(23)37-5)14-21(29(3)4)26(34)32(24)20(25(30)33)12-17-6-8-18(27)9-7-17/h6-11,13,15-16,20-21H,12,14H2,1-5H3. The number of halogens is 2. The summed E-state index contributed by atoms with van der Waals surface area (Å²) < 4.78 is 34.9. The highest BCUT2D eigenvalue weighted by Crippen LogP contribution is 2.38. The maximum Gasteiger partial charge on any atom is 0.269 e. The molecule has 0 saturated carbocycles. The monoisotopic (exact) mass is 580 g/mol. The summed E-state index contributed by atoms with van der Waals surface area (Å²) in [5, 5.41) is 0.762. The van der Waals surface area contributed by atoms with E-state index in [2.05, 4.69) is 0 Å². The van der Waals surface area contributed by atoms with Gasteiger partial charge in [0.15, 0.2) is 0 Å². The SMILES string of the molecule is COc1ccc(Cl)cc1S(=O)(=O)N1CC(N(C)C)C(=O)N2C1=CN(C(C)C)C(=O)C2Cc1ccc(Cl)cc1. The number of carbonyl (C=O) groups excluding carboxylic acids is 2. The van der Waals surface area contributed by atoms with Crippen LogP contribution in [0, 0.1) is 0 Å². The zero-order valence-electron chi connectivity index (χ0n) is 21.8. The fraction of sp³-hybridized carbons (Fsp3) is 0.385. The lowest BCUT2D eigenvalue weighted by molar-refractivity contribution is -0.152. The summed E-state index contributed by atoms with van der Waals surface area (Å²) in [6.07, 6.45) is 1.63. The predicted octanol–water partition coefficient (Wildman–Crippen LogP) is 3.43. The van der Waals surface area contributed by atoms with Crippen molar-refractivity contribution in [2.75, 3.05) is 27.7 Å². The third-order valence-corrected chi connectivity index (χ3v) is 8.96. The van der Waals surface area contributed by atoms with Crippen LogP contribution in [0.1, 0.15) is 19.4 Å². The summed E-state index contributed by atoms with van der Waals surface area (Å²) in [6.45, 7) is 3.51. The average molecular weight is 582 g/mol. The van der Waals surface area contributed by atoms with Crippen molar-refractivity contribution in [3.05, 3.63) is 70.1 Å². The number of sulfonamides is 1. The lowest BCUT2D eigenvalue weighted by Crippen LogP contribution is -2.67. The Balaban J connectivity index is 1.90. The molecule has 2 heterocycles. The van der Waals surface area contributed by atoms with Crippen LogP contribution >= 0.6 is 23.2 Å². The smallest absolute Gasteiger partial charge is 0.269 e. The highest BCUT2D eigenvalue weighted by Gasteiger charge is 2.51. The molecule has 9 nitrogen and oxygen atoms in total. The number of nitrogens with zero attached hydrogens (tertiary/aromatic N) is 4. The predicted molar refractivity (Wildman–Crippen MR) is 145 cm³/mol. The summed E-state index contributed by atoms with van der Waals surface area (Å²) in [6, 6.07) is 9.26. The van der Waals surface area contributed by atoms with E-state index in [4.69, 9.17) is 27.9 Å². The van der Waals surface area contributed by atoms with E-state index in [1.54, 1.807) is 43.3 Å². The number of fused-ring (bicyclic) bond motifs is 1. The zero-order valence-corrected chi connectivity index (χ0v) is 24.1. The second-order valence-electron chi connectivity index (χ2n) is 9.69. The van der Waals surface area contributed by atoms with Crippen LogP contribution in [0.3, 0.4) is 0 Å². The highest BCUT2D eigenvalue weighted by atomic mass is 35.5. The number of benzene rings is 2. The highest BCUT2D eigenvalue weighted by molar-refractivity contribution is 7.89. The molecule has 1 fully saturated rings. The van der Waals surface area contributed by atoms with E-state index in [0.29, 0.717) is 5.02 Å². The molecule has 204 valence electrons. The molecule has 12 heteroatoms. The van der Waals surface area contributed by atoms with Crippen molar-refractivity contribution < 1.29 is 22.7 Å². The van der Waals surface area contributed by atoms with Gasteiger partial charge in [-0.3, -0.25) is 19.4 Å². The Morgan fingerprint density at radius 3 is 2.24 bits per heavy atom. The molecule has 0 bridgehead atoms. The normalized spacial score (nSPS) is 20.2. The fourth-order valence-electron chi connectivity index (χ4n) is 4.63. The largest absolute Gasteiger partial charge is 0.495 e. The number of carbonyl (C=O) groups is 2. The first kappa shape index (κ1) is 28.2. The Labute approximate surface area is 233 Å². The molecular weight excluding hydrogens is 551 g/mol. The minimum Gasteiger partial charge on any atom is -0.495 e. The molecule has 0 N–H and O–H groups in total. The minimum absolute atomic E-state index is 0.0994. The van der Waals surface area contributed by atoms with Gasteiger partial charge in [0, 0.05) is 28.7 Å². The van der Waals surface area contributed by atoms with Crippen molar-refractivity contribution in [1.82, 2.24) is 19.0 Å². The number of likely N-dealkylation sites (N-methyl/N-ethyl adjacent to an activating group) is 1. The molecule has 0 aromatic heterocycles. The average Bonchev–Trinajstić information content (AvgIpc) is 2.86. The molecule has 2 aliphatic heterocycles. The van der Waals surface area contributed by atoms with E-state index < -0.39 is 22.1 Å². The van der Waals surface area contributed by atoms with Gasteiger partial charge in [0.05, 0.1) is 13.7 Å². The van der Waals surface area contributed by atoms with E-state index in [9.17, 15) is 18.0 Å². The van der Waals surface area contributed by atoms with Crippen LogP contribution in [-0.2, 0) is 26.0 Å². The summed E-state index contributed by atoms with van der Waals surface area (Å²) in [5.41, 5.74) is 0.781. The summed E-state index contributed by atoms with van der Waals surface area (Å²) in [5.74, 6) is -0.446. The maximum atomic E-state index is 14.2. The van der Waals surface area contributed by atoms with Gasteiger partial charge in [-0.05, 0) is 63.8 Å². The van der Waals surface area contributed by atoms with Gasteiger partial charge in [-0.15, -0.1) is 0 Å². The molecule has 2 aliphatic rings. The van der Waals surface area contributed by atoms with E-state index in [-0.39, 0.29) is 52.3 Å². The summed E-state index contributed by atoms with van der Waals surface area (Å²) >= 11 is 12.2. The molecule has 2 aromatic rings. The van der Waals surface area contributed by atoms with Crippen LogP contribution in [0.2, 0.25) is 10.0 Å². The molecule has 2 unspecified atom stereocenters. The van der Waals surface area contributed by atoms with Crippen molar-refractivity contribution in [2.45, 2.75) is 43.3 Å². The van der Waals surface area contributed by atoms with Crippen LogP contribution in [0.15, 0.2) is 59.4 Å². The van der Waals surface area contributed by atoms with Crippen LogP contribution in [0.4, 0.5) is 0 Å². The van der Waals surface area contributed by atoms with Gasteiger partial charge in [-0.25, -0.2) is 12.7 Å². The number of hydrogen-bond acceptors (Lipinski definition) is 6. The van der Waals surface area contributed by atoms with E-state index in [1.807, 2.05) is 13.8 Å². The van der Waals surface area contributed by atoms with Crippen molar-refractivity contribution in [1.29, 1.82) is 0 Å². The number of hydrogen-bond donors (Lipinski definition) is 0. The second-order valence-corrected chi connectivity index (χ2v) is 12.4. The second kappa shape index (κ2) is 10.8. The topological polar surface area (TPSA) is 90.5 Å². The lowest BCUT2D eigenvalue weighted by Gasteiger charge is -2.49. The Hall–Kier alpha value is -2.79. The molecule has 0 spiro atoms. The molecular formula is C26H30Cl2N4O5S. The zero-order chi connectivity index (χ0) is 27.9. The van der Waals surface area contributed by atoms with Gasteiger partial charge >= 0.3 is 0 Å². The van der Waals surface area contributed by atoms with Gasteiger partial charge in [0.25, 0.3) is 10.0 Å². The van der Waals surface area contributed by atoms with Crippen LogP contribution in [0.5, 0.6) is 5.75 Å². The van der Waals surface area contributed by atoms with Crippen molar-refractivity contribution in [3.63, 3.8) is 0 Å². The molecule has 1 saturated heterocycles. The molecule has 2 atom stereocenters. The Bertz CT molecular complexity index is 1380. The third kappa shape index (κ3) is 5.10. The first-order valence-corrected chi connectivity index (χ1v) is 14.2.